The number of hydrogen-bond acceptors (Lipinski definition) is 4. The summed E-state index contributed by atoms with van der Waals surface area (Å²) in [6, 6.07) is 11.6. The molecule has 0 atom stereocenters. The molecule has 0 saturated carbocycles. The molecule has 0 aliphatic carbocycles. The van der Waals surface area contributed by atoms with E-state index >= 15 is 0 Å². The number of rotatable bonds is 4. The van der Waals surface area contributed by atoms with E-state index in [0.29, 0.717) is 11.4 Å². The molecular formula is C12H10N4OS. The standard InChI is InChI=1S/C12H10N4OS/c13-6-9-7-14-16-12(9)15-11(17)8-18-10-4-2-1-3-5-10/h1-5,7H,8H2,(H2,14,15,16,17). The number of nitrogens with one attached hydrogen (secondary N) is 2. The molecule has 0 aliphatic heterocycles. The van der Waals surface area contributed by atoms with Crippen molar-refractivity contribution < 1.29 is 4.79 Å². The predicted octanol–water partition coefficient (Wildman–Crippen LogP) is 2.01. The van der Waals surface area contributed by atoms with Crippen LogP contribution in [0.4, 0.5) is 5.82 Å². The first kappa shape index (κ1) is 12.2. The second-order valence-electron chi connectivity index (χ2n) is 3.42. The van der Waals surface area contributed by atoms with Crippen LogP contribution in [-0.4, -0.2) is 21.9 Å². The highest BCUT2D eigenvalue weighted by molar-refractivity contribution is 8.00. The number of anilines is 1. The Morgan fingerprint density at radius 2 is 2.22 bits per heavy atom. The summed E-state index contributed by atoms with van der Waals surface area (Å²) in [5.41, 5.74) is 0.327. The molecule has 1 heterocycles. The number of nitriles is 1. The highest BCUT2D eigenvalue weighted by atomic mass is 32.2. The number of amides is 1. The van der Waals surface area contributed by atoms with Gasteiger partial charge in [-0.05, 0) is 12.1 Å². The number of nitrogens with zero attached hydrogens (tertiary/aromatic N) is 2. The average Bonchev–Trinajstić information content (AvgIpc) is 2.85. The minimum absolute atomic E-state index is 0.176. The highest BCUT2D eigenvalue weighted by Crippen LogP contribution is 2.17. The van der Waals surface area contributed by atoms with Gasteiger partial charge >= 0.3 is 0 Å². The van der Waals surface area contributed by atoms with Crippen molar-refractivity contribution in [2.75, 3.05) is 11.1 Å². The molecule has 90 valence electrons. The lowest BCUT2D eigenvalue weighted by Crippen LogP contribution is -2.15. The Morgan fingerprint density at radius 1 is 1.44 bits per heavy atom. The van der Waals surface area contributed by atoms with Gasteiger partial charge in [0.05, 0.1) is 11.9 Å². The Kier molecular flexibility index (Phi) is 3.99. The second kappa shape index (κ2) is 5.89. The minimum Gasteiger partial charge on any atom is -0.309 e. The fraction of sp³-hybridized carbons (Fsp3) is 0.0833. The van der Waals surface area contributed by atoms with Crippen molar-refractivity contribution in [3.63, 3.8) is 0 Å². The molecule has 1 aromatic heterocycles. The molecule has 0 unspecified atom stereocenters. The third kappa shape index (κ3) is 3.12. The van der Waals surface area contributed by atoms with E-state index in [2.05, 4.69) is 15.5 Å². The average molecular weight is 258 g/mol. The summed E-state index contributed by atoms with van der Waals surface area (Å²) in [5.74, 6) is 0.453. The summed E-state index contributed by atoms with van der Waals surface area (Å²) in [5, 5.41) is 17.6. The smallest absolute Gasteiger partial charge is 0.235 e. The van der Waals surface area contributed by atoms with Crippen LogP contribution in [0.1, 0.15) is 5.56 Å². The molecule has 2 rings (SSSR count). The van der Waals surface area contributed by atoms with E-state index in [-0.39, 0.29) is 11.7 Å². The van der Waals surface area contributed by atoms with Crippen molar-refractivity contribution in [3.8, 4) is 6.07 Å². The van der Waals surface area contributed by atoms with Crippen LogP contribution < -0.4 is 5.32 Å². The van der Waals surface area contributed by atoms with E-state index in [1.165, 1.54) is 18.0 Å². The summed E-state index contributed by atoms with van der Waals surface area (Å²) in [7, 11) is 0. The van der Waals surface area contributed by atoms with Gasteiger partial charge in [0.1, 0.15) is 17.5 Å². The number of benzene rings is 1. The van der Waals surface area contributed by atoms with Crippen LogP contribution in [0.15, 0.2) is 41.4 Å². The van der Waals surface area contributed by atoms with Gasteiger partial charge in [0, 0.05) is 4.90 Å². The number of hydrogen-bond donors (Lipinski definition) is 2. The van der Waals surface area contributed by atoms with Gasteiger partial charge < -0.3 is 5.32 Å². The maximum Gasteiger partial charge on any atom is 0.235 e. The molecule has 1 aromatic carbocycles. The molecule has 0 radical (unpaired) electrons. The van der Waals surface area contributed by atoms with E-state index in [4.69, 9.17) is 5.26 Å². The minimum atomic E-state index is -0.176. The van der Waals surface area contributed by atoms with Crippen molar-refractivity contribution in [3.05, 3.63) is 42.1 Å². The zero-order chi connectivity index (χ0) is 12.8. The molecule has 1 amide bonds. The Bertz CT molecular complexity index is 573. The molecule has 0 fully saturated rings. The van der Waals surface area contributed by atoms with Crippen molar-refractivity contribution in [1.82, 2.24) is 10.2 Å². The van der Waals surface area contributed by atoms with E-state index in [1.807, 2.05) is 36.4 Å². The van der Waals surface area contributed by atoms with Crippen LogP contribution in [0.2, 0.25) is 0 Å². The van der Waals surface area contributed by atoms with Crippen molar-refractivity contribution in [2.45, 2.75) is 4.90 Å². The third-order valence-electron chi connectivity index (χ3n) is 2.14. The first-order chi connectivity index (χ1) is 8.79. The van der Waals surface area contributed by atoms with Crippen molar-refractivity contribution in [2.24, 2.45) is 0 Å². The summed E-state index contributed by atoms with van der Waals surface area (Å²) in [6.07, 6.45) is 1.37. The van der Waals surface area contributed by atoms with Crippen molar-refractivity contribution in [1.29, 1.82) is 5.26 Å². The summed E-state index contributed by atoms with van der Waals surface area (Å²) < 4.78 is 0. The lowest BCUT2D eigenvalue weighted by molar-refractivity contribution is -0.113. The number of thioether (sulfide) groups is 1. The molecule has 0 saturated heterocycles. The van der Waals surface area contributed by atoms with Gasteiger partial charge in [0.2, 0.25) is 5.91 Å². The van der Waals surface area contributed by atoms with E-state index in [0.717, 1.165) is 4.90 Å². The van der Waals surface area contributed by atoms with Gasteiger partial charge in [-0.1, -0.05) is 18.2 Å². The van der Waals surface area contributed by atoms with Crippen LogP contribution in [0.25, 0.3) is 0 Å². The van der Waals surface area contributed by atoms with Gasteiger partial charge in [0.25, 0.3) is 0 Å². The van der Waals surface area contributed by atoms with Crippen LogP contribution in [0.3, 0.4) is 0 Å². The fourth-order valence-electron chi connectivity index (χ4n) is 1.31. The lowest BCUT2D eigenvalue weighted by Gasteiger charge is -2.03. The van der Waals surface area contributed by atoms with E-state index in [1.54, 1.807) is 0 Å². The molecule has 2 N–H and O–H groups in total. The highest BCUT2D eigenvalue weighted by Gasteiger charge is 2.08. The van der Waals surface area contributed by atoms with E-state index in [9.17, 15) is 4.79 Å². The fourth-order valence-corrected chi connectivity index (χ4v) is 2.03. The number of carbonyl (C=O) groups is 1. The predicted molar refractivity (Wildman–Crippen MR) is 69.1 cm³/mol. The Morgan fingerprint density at radius 3 is 2.94 bits per heavy atom. The molecule has 0 spiro atoms. The molecule has 6 heteroatoms. The van der Waals surface area contributed by atoms with Gasteiger partial charge in [0.15, 0.2) is 0 Å². The molecule has 18 heavy (non-hydrogen) atoms. The third-order valence-corrected chi connectivity index (χ3v) is 3.15. The van der Waals surface area contributed by atoms with Gasteiger partial charge in [-0.3, -0.25) is 9.89 Å². The normalized spacial score (nSPS) is 9.72. The van der Waals surface area contributed by atoms with Crippen LogP contribution in [0.5, 0.6) is 0 Å². The molecule has 2 aromatic rings. The largest absolute Gasteiger partial charge is 0.309 e. The molecule has 0 aliphatic rings. The lowest BCUT2D eigenvalue weighted by atomic mass is 10.3. The summed E-state index contributed by atoms with van der Waals surface area (Å²) in [6.45, 7) is 0. The quantitative estimate of drug-likeness (QED) is 0.822. The molecule has 0 bridgehead atoms. The number of carbonyl (C=O) groups excluding carboxylic acids is 1. The van der Waals surface area contributed by atoms with Crippen molar-refractivity contribution >= 4 is 23.5 Å². The monoisotopic (exact) mass is 258 g/mol. The first-order valence-electron chi connectivity index (χ1n) is 5.21. The Labute approximate surface area is 108 Å². The Balaban J connectivity index is 1.88. The summed E-state index contributed by atoms with van der Waals surface area (Å²) in [4.78, 5) is 12.7. The van der Waals surface area contributed by atoms with Crippen LogP contribution in [0, 0.1) is 11.3 Å². The van der Waals surface area contributed by atoms with E-state index < -0.39 is 0 Å². The zero-order valence-corrected chi connectivity index (χ0v) is 10.2. The first-order valence-corrected chi connectivity index (χ1v) is 6.19. The number of H-pyrrole nitrogens is 1. The van der Waals surface area contributed by atoms with Gasteiger partial charge in [-0.2, -0.15) is 10.4 Å². The van der Waals surface area contributed by atoms with Gasteiger partial charge in [-0.15, -0.1) is 11.8 Å². The molecular weight excluding hydrogens is 248 g/mol. The number of aromatic amines is 1. The van der Waals surface area contributed by atoms with Crippen LogP contribution in [-0.2, 0) is 4.79 Å². The van der Waals surface area contributed by atoms with Crippen LogP contribution >= 0.6 is 11.8 Å². The second-order valence-corrected chi connectivity index (χ2v) is 4.47. The maximum absolute atomic E-state index is 11.7. The maximum atomic E-state index is 11.7. The van der Waals surface area contributed by atoms with Gasteiger partial charge in [-0.25, -0.2) is 0 Å². The number of aromatic nitrogens is 2. The Hall–Kier alpha value is -2.26. The zero-order valence-electron chi connectivity index (χ0n) is 9.38. The molecule has 5 nitrogen and oxygen atoms in total. The summed E-state index contributed by atoms with van der Waals surface area (Å²) >= 11 is 1.43. The SMILES string of the molecule is N#Cc1cn[nH]c1NC(=O)CSc1ccccc1. The topological polar surface area (TPSA) is 81.6 Å².